The third-order valence-electron chi connectivity index (χ3n) is 5.40. The van der Waals surface area contributed by atoms with Gasteiger partial charge in [0.15, 0.2) is 23.6 Å². The zero-order valence-electron chi connectivity index (χ0n) is 19.4. The fraction of sp³-hybridized carbons (Fsp3) is 0.304. The Balaban J connectivity index is 1.78. The van der Waals surface area contributed by atoms with Crippen LogP contribution in [-0.4, -0.2) is 35.3 Å². The first-order valence-electron chi connectivity index (χ1n) is 11.0. The van der Waals surface area contributed by atoms with Gasteiger partial charge in [0.25, 0.3) is 0 Å². The molecule has 0 radical (unpaired) electrons. The third kappa shape index (κ3) is 5.90. The highest BCUT2D eigenvalue weighted by Gasteiger charge is 2.35. The van der Waals surface area contributed by atoms with Gasteiger partial charge in [0, 0.05) is 17.1 Å². The van der Waals surface area contributed by atoms with Crippen LogP contribution in [0.15, 0.2) is 53.3 Å². The molecule has 4 rings (SSSR count). The Labute approximate surface area is 215 Å². The van der Waals surface area contributed by atoms with Gasteiger partial charge in [-0.15, -0.1) is 10.2 Å². The van der Waals surface area contributed by atoms with Gasteiger partial charge in [0.05, 0.1) is 17.7 Å². The Hall–Kier alpha value is -3.68. The lowest BCUT2D eigenvalue weighted by atomic mass is 10.1. The van der Waals surface area contributed by atoms with Crippen LogP contribution in [0.5, 0.6) is 0 Å². The Bertz CT molecular complexity index is 1490. The minimum absolute atomic E-state index is 0.100. The predicted octanol–water partition coefficient (Wildman–Crippen LogP) is 6.00. The number of halogens is 8. The van der Waals surface area contributed by atoms with E-state index in [4.69, 9.17) is 11.6 Å². The summed E-state index contributed by atoms with van der Waals surface area (Å²) in [7, 11) is 0. The smallest absolute Gasteiger partial charge is 0.275 e. The summed E-state index contributed by atoms with van der Waals surface area (Å²) in [6.45, 7) is -0.232. The number of aromatic nitrogens is 6. The van der Waals surface area contributed by atoms with E-state index in [0.717, 1.165) is 34.4 Å². The highest BCUT2D eigenvalue weighted by molar-refractivity contribution is 6.30. The van der Waals surface area contributed by atoms with Gasteiger partial charge in [-0.25, -0.2) is 23.5 Å². The molecule has 0 aliphatic carbocycles. The van der Waals surface area contributed by atoms with Crippen molar-refractivity contribution in [3.63, 3.8) is 0 Å². The Morgan fingerprint density at radius 3 is 2.24 bits per heavy atom. The van der Waals surface area contributed by atoms with Crippen LogP contribution in [0.2, 0.25) is 5.02 Å². The van der Waals surface area contributed by atoms with Crippen LogP contribution in [0, 0.1) is 0 Å². The van der Waals surface area contributed by atoms with Crippen LogP contribution < -0.4 is 5.69 Å². The second-order valence-electron chi connectivity index (χ2n) is 8.22. The molecule has 0 fully saturated rings. The summed E-state index contributed by atoms with van der Waals surface area (Å²) in [6.07, 6.45) is -12.5. The van der Waals surface area contributed by atoms with E-state index in [1.165, 1.54) is 30.3 Å². The second-order valence-corrected chi connectivity index (χ2v) is 8.65. The lowest BCUT2D eigenvalue weighted by molar-refractivity contribution is -0.138. The zero-order valence-corrected chi connectivity index (χ0v) is 20.2. The number of para-hydroxylation sites is 1. The molecule has 2 aromatic carbocycles. The first-order chi connectivity index (χ1) is 17.7. The van der Waals surface area contributed by atoms with Crippen molar-refractivity contribution in [1.29, 1.82) is 0 Å². The fourth-order valence-corrected chi connectivity index (χ4v) is 3.82. The standard InChI is InChI=1S/C23H18ClF7N6O/c1-13(25)19-32-18(33-37(19)17-5-3-2-4-16(17)23(29,30)31)12-36-21(38)35(11-10-22(26,27)28)20(34-36)14-6-8-15(24)9-7-14/h2-9,13H,10-12H2,1H3. The maximum Gasteiger partial charge on any atom is 0.418 e. The van der Waals surface area contributed by atoms with Crippen LogP contribution in [0.25, 0.3) is 17.1 Å². The van der Waals surface area contributed by atoms with Crippen molar-refractivity contribution < 1.29 is 30.7 Å². The Kier molecular flexibility index (Phi) is 7.37. The number of hydrogen-bond acceptors (Lipinski definition) is 4. The maximum absolute atomic E-state index is 14.4. The van der Waals surface area contributed by atoms with Gasteiger partial charge in [0.2, 0.25) is 0 Å². The first kappa shape index (κ1) is 27.4. The van der Waals surface area contributed by atoms with E-state index in [1.54, 1.807) is 0 Å². The molecule has 38 heavy (non-hydrogen) atoms. The van der Waals surface area contributed by atoms with E-state index in [1.807, 2.05) is 0 Å². The summed E-state index contributed by atoms with van der Waals surface area (Å²) in [5.41, 5.74) is -2.22. The summed E-state index contributed by atoms with van der Waals surface area (Å²) < 4.78 is 96.1. The Morgan fingerprint density at radius 2 is 1.63 bits per heavy atom. The molecule has 0 aliphatic rings. The molecule has 0 amide bonds. The molecule has 0 N–H and O–H groups in total. The monoisotopic (exact) mass is 562 g/mol. The molecule has 1 atom stereocenters. The van der Waals surface area contributed by atoms with Crippen LogP contribution in [-0.2, 0) is 19.3 Å². The van der Waals surface area contributed by atoms with Crippen molar-refractivity contribution >= 4 is 11.6 Å². The van der Waals surface area contributed by atoms with Gasteiger partial charge in [-0.2, -0.15) is 26.3 Å². The summed E-state index contributed by atoms with van der Waals surface area (Å²) in [5.74, 6) is -0.831. The molecular weight excluding hydrogens is 545 g/mol. The summed E-state index contributed by atoms with van der Waals surface area (Å²) in [5, 5.41) is 8.44. The molecule has 0 spiro atoms. The lowest BCUT2D eigenvalue weighted by Gasteiger charge is -2.14. The first-order valence-corrected chi connectivity index (χ1v) is 11.4. The highest BCUT2D eigenvalue weighted by atomic mass is 35.5. The summed E-state index contributed by atoms with van der Waals surface area (Å²) in [4.78, 5) is 17.0. The molecule has 0 bridgehead atoms. The quantitative estimate of drug-likeness (QED) is 0.259. The van der Waals surface area contributed by atoms with Gasteiger partial charge in [-0.3, -0.25) is 4.57 Å². The third-order valence-corrected chi connectivity index (χ3v) is 5.66. The van der Waals surface area contributed by atoms with E-state index >= 15 is 0 Å². The Morgan fingerprint density at radius 1 is 0.974 bits per heavy atom. The van der Waals surface area contributed by atoms with E-state index in [2.05, 4.69) is 15.2 Å². The minimum atomic E-state index is -4.78. The predicted molar refractivity (Wildman–Crippen MR) is 123 cm³/mol. The van der Waals surface area contributed by atoms with Crippen molar-refractivity contribution in [2.75, 3.05) is 0 Å². The average molecular weight is 563 g/mol. The normalized spacial score (nSPS) is 13.2. The number of alkyl halides is 7. The van der Waals surface area contributed by atoms with E-state index in [0.29, 0.717) is 15.3 Å². The SMILES string of the molecule is CC(F)c1nc(Cn2nc(-c3ccc(Cl)cc3)n(CCC(F)(F)F)c2=O)nn1-c1ccccc1C(F)(F)F. The van der Waals surface area contributed by atoms with Gasteiger partial charge >= 0.3 is 18.0 Å². The van der Waals surface area contributed by atoms with Crippen molar-refractivity contribution in [2.45, 2.75) is 45.0 Å². The second kappa shape index (κ2) is 10.2. The van der Waals surface area contributed by atoms with E-state index in [9.17, 15) is 35.5 Å². The molecule has 0 saturated carbocycles. The molecule has 0 saturated heterocycles. The molecule has 202 valence electrons. The van der Waals surface area contributed by atoms with Crippen LogP contribution in [0.3, 0.4) is 0 Å². The van der Waals surface area contributed by atoms with Crippen LogP contribution in [0.1, 0.15) is 36.7 Å². The number of rotatable bonds is 7. The zero-order chi connectivity index (χ0) is 27.8. The van der Waals surface area contributed by atoms with Gasteiger partial charge < -0.3 is 0 Å². The van der Waals surface area contributed by atoms with Crippen LogP contribution in [0.4, 0.5) is 30.7 Å². The van der Waals surface area contributed by atoms with Gasteiger partial charge in [0.1, 0.15) is 6.54 Å². The number of hydrogen-bond donors (Lipinski definition) is 0. The lowest BCUT2D eigenvalue weighted by Crippen LogP contribution is -2.27. The molecule has 2 heterocycles. The number of nitrogens with zero attached hydrogens (tertiary/aromatic N) is 6. The average Bonchev–Trinajstić information content (AvgIpc) is 3.39. The maximum atomic E-state index is 14.4. The van der Waals surface area contributed by atoms with E-state index in [-0.39, 0.29) is 11.6 Å². The van der Waals surface area contributed by atoms with Crippen LogP contribution >= 0.6 is 11.6 Å². The van der Waals surface area contributed by atoms with Gasteiger partial charge in [-0.1, -0.05) is 23.7 Å². The highest BCUT2D eigenvalue weighted by Crippen LogP contribution is 2.34. The van der Waals surface area contributed by atoms with Crippen molar-refractivity contribution in [3.8, 4) is 17.1 Å². The summed E-state index contributed by atoms with van der Waals surface area (Å²) in [6, 6.07) is 10.2. The fourth-order valence-electron chi connectivity index (χ4n) is 3.70. The van der Waals surface area contributed by atoms with Crippen molar-refractivity contribution in [2.24, 2.45) is 0 Å². The molecule has 15 heteroatoms. The molecular formula is C23H18ClF7N6O. The molecule has 7 nitrogen and oxygen atoms in total. The van der Waals surface area contributed by atoms with Crippen molar-refractivity contribution in [3.05, 3.63) is 81.3 Å². The summed E-state index contributed by atoms with van der Waals surface area (Å²) >= 11 is 5.87. The molecule has 2 aromatic heterocycles. The molecule has 0 aliphatic heterocycles. The molecule has 1 unspecified atom stereocenters. The number of benzene rings is 2. The van der Waals surface area contributed by atoms with Crippen molar-refractivity contribution in [1.82, 2.24) is 29.1 Å². The van der Waals surface area contributed by atoms with Gasteiger partial charge in [-0.05, 0) is 43.3 Å². The molecule has 4 aromatic rings. The largest absolute Gasteiger partial charge is 0.418 e. The minimum Gasteiger partial charge on any atom is -0.275 e. The van der Waals surface area contributed by atoms with E-state index < -0.39 is 60.8 Å². The topological polar surface area (TPSA) is 70.5 Å².